The third kappa shape index (κ3) is 20.6. The molecule has 2 aromatic heterocycles. The molecular weight excluding hydrogens is 897 g/mol. The largest absolute Gasteiger partial charge is 0.490 e. The second-order valence-electron chi connectivity index (χ2n) is 16.7. The number of carbonyl (C=O) groups excluding carboxylic acids is 4. The lowest BCUT2D eigenvalue weighted by molar-refractivity contribution is -0.288. The van der Waals surface area contributed by atoms with Gasteiger partial charge in [-0.25, -0.2) is 39.1 Å². The van der Waals surface area contributed by atoms with Crippen molar-refractivity contribution in [3.8, 4) is 34.3 Å². The van der Waals surface area contributed by atoms with Gasteiger partial charge in [0.25, 0.3) is 12.6 Å². The fraction of sp³-hybridized carbons (Fsp3) is 0.481. The third-order valence-corrected chi connectivity index (χ3v) is 11.3. The van der Waals surface area contributed by atoms with E-state index in [0.29, 0.717) is 60.7 Å². The van der Waals surface area contributed by atoms with E-state index >= 15 is 0 Å². The Kier molecular flexibility index (Phi) is 25.1. The van der Waals surface area contributed by atoms with Gasteiger partial charge in [0.2, 0.25) is 0 Å². The minimum absolute atomic E-state index is 0.143. The summed E-state index contributed by atoms with van der Waals surface area (Å²) in [5.74, 6) is 0.0232. The molecule has 16 nitrogen and oxygen atoms in total. The van der Waals surface area contributed by atoms with Crippen LogP contribution in [0, 0.1) is 0 Å². The summed E-state index contributed by atoms with van der Waals surface area (Å²) in [7, 11) is 0. The van der Waals surface area contributed by atoms with Gasteiger partial charge in [-0.15, -0.1) is 0 Å². The van der Waals surface area contributed by atoms with Gasteiger partial charge in [0, 0.05) is 23.3 Å². The molecule has 5 rings (SSSR count). The molecular formula is C54H68N4O12. The van der Waals surface area contributed by atoms with Crippen molar-refractivity contribution in [1.29, 1.82) is 0 Å². The van der Waals surface area contributed by atoms with Crippen LogP contribution in [0.2, 0.25) is 0 Å². The second-order valence-corrected chi connectivity index (χ2v) is 16.7. The average Bonchev–Trinajstić information content (AvgIpc) is 3.39. The molecule has 0 saturated carbocycles. The molecule has 1 fully saturated rings. The van der Waals surface area contributed by atoms with Gasteiger partial charge in [0.15, 0.2) is 23.1 Å². The summed E-state index contributed by atoms with van der Waals surface area (Å²) >= 11 is 0. The Morgan fingerprint density at radius 1 is 0.457 bits per heavy atom. The van der Waals surface area contributed by atoms with Gasteiger partial charge in [0.1, 0.15) is 0 Å². The molecule has 1 aliphatic rings. The molecule has 0 spiro atoms. The number of benzene rings is 2. The highest BCUT2D eigenvalue weighted by Crippen LogP contribution is 2.23. The average molecular weight is 965 g/mol. The zero-order valence-corrected chi connectivity index (χ0v) is 40.3. The van der Waals surface area contributed by atoms with Crippen molar-refractivity contribution < 1.29 is 57.1 Å². The van der Waals surface area contributed by atoms with Crippen molar-refractivity contribution in [2.45, 2.75) is 128 Å². The topological polar surface area (TPSA) is 194 Å². The normalized spacial score (nSPS) is 14.2. The van der Waals surface area contributed by atoms with E-state index in [2.05, 4.69) is 33.1 Å². The van der Waals surface area contributed by atoms with Crippen LogP contribution in [0.25, 0.3) is 22.8 Å². The van der Waals surface area contributed by atoms with Gasteiger partial charge in [-0.3, -0.25) is 0 Å². The Bertz CT molecular complexity index is 2010. The third-order valence-electron chi connectivity index (χ3n) is 11.3. The first-order chi connectivity index (χ1) is 34.3. The van der Waals surface area contributed by atoms with Crippen molar-refractivity contribution in [3.05, 3.63) is 110 Å². The SMILES string of the molecule is C=CC(=O)OCCCCCCCCCCCOc1cnc(-c2ccc(C(=O)OC3OCCOC3OC(=O)c3ccc(-c4ncc(OCCCCCCCCCCCOC(=O)C=C)cn4)cc3)cc2)nc1. The number of hydrogen-bond acceptors (Lipinski definition) is 16. The van der Waals surface area contributed by atoms with E-state index in [9.17, 15) is 19.2 Å². The fourth-order valence-corrected chi connectivity index (χ4v) is 7.33. The summed E-state index contributed by atoms with van der Waals surface area (Å²) in [4.78, 5) is 66.2. The van der Waals surface area contributed by atoms with E-state index in [1.165, 1.54) is 50.7 Å². The predicted octanol–water partition coefficient (Wildman–Crippen LogP) is 10.6. The summed E-state index contributed by atoms with van der Waals surface area (Å²) in [5.41, 5.74) is 1.89. The molecule has 0 bridgehead atoms. The van der Waals surface area contributed by atoms with E-state index in [4.69, 9.17) is 37.9 Å². The summed E-state index contributed by atoms with van der Waals surface area (Å²) in [6.07, 6.45) is 26.1. The molecule has 1 saturated heterocycles. The van der Waals surface area contributed by atoms with Crippen molar-refractivity contribution >= 4 is 23.9 Å². The van der Waals surface area contributed by atoms with Gasteiger partial charge in [-0.1, -0.05) is 127 Å². The van der Waals surface area contributed by atoms with Gasteiger partial charge < -0.3 is 37.9 Å². The van der Waals surface area contributed by atoms with Crippen LogP contribution in [-0.4, -0.2) is 96.0 Å². The van der Waals surface area contributed by atoms with Crippen molar-refractivity contribution in [1.82, 2.24) is 19.9 Å². The lowest BCUT2D eigenvalue weighted by Crippen LogP contribution is -2.44. The molecule has 70 heavy (non-hydrogen) atoms. The lowest BCUT2D eigenvalue weighted by atomic mass is 10.1. The number of esters is 4. The Balaban J connectivity index is 0.941. The fourth-order valence-electron chi connectivity index (χ4n) is 7.33. The van der Waals surface area contributed by atoms with Crippen LogP contribution in [0.4, 0.5) is 0 Å². The van der Waals surface area contributed by atoms with Gasteiger partial charge in [0.05, 0.1) is 75.6 Å². The van der Waals surface area contributed by atoms with Crippen LogP contribution in [0.15, 0.2) is 98.6 Å². The molecule has 0 amide bonds. The highest BCUT2D eigenvalue weighted by Gasteiger charge is 2.34. The van der Waals surface area contributed by atoms with Crippen LogP contribution < -0.4 is 9.47 Å². The summed E-state index contributed by atoms with van der Waals surface area (Å²) < 4.78 is 44.1. The van der Waals surface area contributed by atoms with E-state index in [1.807, 2.05) is 0 Å². The molecule has 376 valence electrons. The van der Waals surface area contributed by atoms with Gasteiger partial charge in [-0.2, -0.15) is 0 Å². The molecule has 0 N–H and O–H groups in total. The molecule has 16 heteroatoms. The maximum Gasteiger partial charge on any atom is 0.340 e. The second kappa shape index (κ2) is 32.3. The highest BCUT2D eigenvalue weighted by molar-refractivity contribution is 5.91. The molecule has 0 radical (unpaired) electrons. The number of carbonyl (C=O) groups is 4. The van der Waals surface area contributed by atoms with Crippen LogP contribution in [0.3, 0.4) is 0 Å². The maximum absolute atomic E-state index is 13.2. The lowest BCUT2D eigenvalue weighted by Gasteiger charge is -2.30. The quantitative estimate of drug-likeness (QED) is 0.0185. The minimum atomic E-state index is -1.28. The van der Waals surface area contributed by atoms with Crippen molar-refractivity contribution in [2.24, 2.45) is 0 Å². The first-order valence-corrected chi connectivity index (χ1v) is 24.7. The van der Waals surface area contributed by atoms with E-state index in [-0.39, 0.29) is 36.3 Å². The van der Waals surface area contributed by atoms with Crippen molar-refractivity contribution in [3.63, 3.8) is 0 Å². The zero-order chi connectivity index (χ0) is 49.4. The van der Waals surface area contributed by atoms with Crippen LogP contribution in [0.5, 0.6) is 11.5 Å². The number of aromatic nitrogens is 4. The van der Waals surface area contributed by atoms with E-state index < -0.39 is 24.5 Å². The molecule has 4 aromatic rings. The van der Waals surface area contributed by atoms with E-state index in [1.54, 1.807) is 73.3 Å². The number of rotatable bonds is 34. The summed E-state index contributed by atoms with van der Waals surface area (Å²) in [6.45, 7) is 9.16. The molecule has 2 aromatic carbocycles. The van der Waals surface area contributed by atoms with E-state index in [0.717, 1.165) is 77.0 Å². The first-order valence-electron chi connectivity index (χ1n) is 24.7. The Morgan fingerprint density at radius 3 is 1.07 bits per heavy atom. The number of ether oxygens (including phenoxy) is 8. The van der Waals surface area contributed by atoms with Crippen LogP contribution >= 0.6 is 0 Å². The number of unbranched alkanes of at least 4 members (excludes halogenated alkanes) is 16. The molecule has 2 atom stereocenters. The molecule has 0 aliphatic carbocycles. The monoisotopic (exact) mass is 964 g/mol. The minimum Gasteiger partial charge on any atom is -0.490 e. The van der Waals surface area contributed by atoms with Gasteiger partial charge >= 0.3 is 23.9 Å². The standard InChI is InChI=1S/C54H68N4O12/c1-3-47(59)65-33-21-17-13-9-5-7-11-15-19-31-63-45-37-55-49(56-38-45)41-23-27-43(28-24-41)51(61)69-53-54(68-36-35-67-53)70-52(62)44-29-25-42(26-30-44)50-57-39-46(40-58-50)64-32-20-16-12-8-6-10-14-18-22-34-66-48(60)4-2/h3-4,23-30,37-40,53-54H,1-2,5-22,31-36H2. The first kappa shape index (κ1) is 54.4. The molecule has 1 aliphatic heterocycles. The summed E-state index contributed by atoms with van der Waals surface area (Å²) in [6, 6.07) is 13.2. The molecule has 2 unspecified atom stereocenters. The highest BCUT2D eigenvalue weighted by atomic mass is 16.8. The van der Waals surface area contributed by atoms with Crippen LogP contribution in [0.1, 0.15) is 136 Å². The number of nitrogens with zero attached hydrogens (tertiary/aromatic N) is 4. The van der Waals surface area contributed by atoms with Gasteiger partial charge in [-0.05, 0) is 49.9 Å². The van der Waals surface area contributed by atoms with Crippen LogP contribution in [-0.2, 0) is 38.0 Å². The van der Waals surface area contributed by atoms with Crippen molar-refractivity contribution in [2.75, 3.05) is 39.6 Å². The Hall–Kier alpha value is -6.52. The Morgan fingerprint density at radius 2 is 0.757 bits per heavy atom. The summed E-state index contributed by atoms with van der Waals surface area (Å²) in [5, 5.41) is 0. The maximum atomic E-state index is 13.2. The predicted molar refractivity (Wildman–Crippen MR) is 262 cm³/mol. The zero-order valence-electron chi connectivity index (χ0n) is 40.3. The number of hydrogen-bond donors (Lipinski definition) is 0. The molecule has 3 heterocycles. The smallest absolute Gasteiger partial charge is 0.340 e. The Labute approximate surface area is 411 Å².